The topological polar surface area (TPSA) is 29.5 Å². The molecule has 0 aliphatic heterocycles. The Bertz CT molecular complexity index is 353. The van der Waals surface area contributed by atoms with E-state index < -0.39 is 5.60 Å². The second kappa shape index (κ2) is 5.75. The zero-order valence-corrected chi connectivity index (χ0v) is 11.1. The molecule has 0 fully saturated rings. The van der Waals surface area contributed by atoms with Gasteiger partial charge in [-0.2, -0.15) is 0 Å². The van der Waals surface area contributed by atoms with E-state index in [1.807, 2.05) is 0 Å². The van der Waals surface area contributed by atoms with Crippen molar-refractivity contribution >= 4 is 15.9 Å². The van der Waals surface area contributed by atoms with Gasteiger partial charge in [-0.05, 0) is 47.0 Å². The third kappa shape index (κ3) is 4.20. The van der Waals surface area contributed by atoms with E-state index in [-0.39, 0.29) is 5.82 Å². The predicted molar refractivity (Wildman–Crippen MR) is 64.9 cm³/mol. The van der Waals surface area contributed by atoms with Crippen LogP contribution < -0.4 is 0 Å². The molecule has 90 valence electrons. The van der Waals surface area contributed by atoms with Crippen LogP contribution >= 0.6 is 15.9 Å². The lowest BCUT2D eigenvalue weighted by Crippen LogP contribution is -2.28. The van der Waals surface area contributed by atoms with E-state index in [1.165, 1.54) is 6.07 Å². The van der Waals surface area contributed by atoms with Crippen molar-refractivity contribution in [1.29, 1.82) is 0 Å². The molecule has 0 aromatic heterocycles. The van der Waals surface area contributed by atoms with Gasteiger partial charge in [-0.3, -0.25) is 0 Å². The molecule has 0 heterocycles. The standard InChI is InChI=1S/C12H16BrFO2/c1-12(15,5-6-16-2)8-9-3-4-11(14)10(13)7-9/h3-4,7,15H,5-6,8H2,1-2H3. The zero-order chi connectivity index (χ0) is 12.2. The lowest BCUT2D eigenvalue weighted by molar-refractivity contribution is 0.0249. The predicted octanol–water partition coefficient (Wildman–Crippen LogP) is 2.92. The molecule has 0 radical (unpaired) electrons. The maximum atomic E-state index is 13.0. The lowest BCUT2D eigenvalue weighted by Gasteiger charge is -2.23. The zero-order valence-electron chi connectivity index (χ0n) is 9.46. The monoisotopic (exact) mass is 290 g/mol. The van der Waals surface area contributed by atoms with Crippen LogP contribution in [0.5, 0.6) is 0 Å². The van der Waals surface area contributed by atoms with Gasteiger partial charge in [-0.1, -0.05) is 6.07 Å². The first-order valence-electron chi connectivity index (χ1n) is 5.10. The molecular formula is C12H16BrFO2. The summed E-state index contributed by atoms with van der Waals surface area (Å²) in [5, 5.41) is 10.1. The summed E-state index contributed by atoms with van der Waals surface area (Å²) in [4.78, 5) is 0. The highest BCUT2D eigenvalue weighted by molar-refractivity contribution is 9.10. The summed E-state index contributed by atoms with van der Waals surface area (Å²) >= 11 is 3.12. The average molecular weight is 291 g/mol. The quantitative estimate of drug-likeness (QED) is 0.904. The Balaban J connectivity index is 2.68. The van der Waals surface area contributed by atoms with Crippen LogP contribution in [0.15, 0.2) is 22.7 Å². The third-order valence-electron chi connectivity index (χ3n) is 2.41. The molecule has 1 aromatic rings. The van der Waals surface area contributed by atoms with E-state index in [1.54, 1.807) is 26.2 Å². The molecule has 2 nitrogen and oxygen atoms in total. The minimum Gasteiger partial charge on any atom is -0.390 e. The van der Waals surface area contributed by atoms with E-state index >= 15 is 0 Å². The van der Waals surface area contributed by atoms with Crippen LogP contribution in [-0.4, -0.2) is 24.4 Å². The van der Waals surface area contributed by atoms with Crippen LogP contribution in [0.4, 0.5) is 4.39 Å². The normalized spacial score (nSPS) is 14.8. The molecule has 16 heavy (non-hydrogen) atoms. The fourth-order valence-electron chi connectivity index (χ4n) is 1.50. The Labute approximate surface area is 104 Å². The molecular weight excluding hydrogens is 275 g/mol. The van der Waals surface area contributed by atoms with Gasteiger partial charge in [0.05, 0.1) is 10.1 Å². The Hall–Kier alpha value is -0.450. The van der Waals surface area contributed by atoms with Crippen LogP contribution in [0.2, 0.25) is 0 Å². The van der Waals surface area contributed by atoms with Gasteiger partial charge in [-0.25, -0.2) is 4.39 Å². The maximum Gasteiger partial charge on any atom is 0.137 e. The number of benzene rings is 1. The first-order chi connectivity index (χ1) is 7.44. The van der Waals surface area contributed by atoms with Crippen molar-refractivity contribution in [2.75, 3.05) is 13.7 Å². The van der Waals surface area contributed by atoms with E-state index in [0.717, 1.165) is 5.56 Å². The molecule has 1 rings (SSSR count). The van der Waals surface area contributed by atoms with Crippen molar-refractivity contribution in [3.05, 3.63) is 34.1 Å². The highest BCUT2D eigenvalue weighted by Crippen LogP contribution is 2.22. The maximum absolute atomic E-state index is 13.0. The van der Waals surface area contributed by atoms with Crippen molar-refractivity contribution in [2.24, 2.45) is 0 Å². The van der Waals surface area contributed by atoms with Crippen molar-refractivity contribution in [1.82, 2.24) is 0 Å². The molecule has 0 aliphatic rings. The van der Waals surface area contributed by atoms with Crippen molar-refractivity contribution in [3.8, 4) is 0 Å². The van der Waals surface area contributed by atoms with Crippen LogP contribution in [0.25, 0.3) is 0 Å². The minimum absolute atomic E-state index is 0.291. The number of halogens is 2. The van der Waals surface area contributed by atoms with Crippen molar-refractivity contribution < 1.29 is 14.2 Å². The summed E-state index contributed by atoms with van der Waals surface area (Å²) in [6.45, 7) is 2.26. The fourth-order valence-corrected chi connectivity index (χ4v) is 1.93. The largest absolute Gasteiger partial charge is 0.390 e. The molecule has 1 N–H and O–H groups in total. The molecule has 0 bridgehead atoms. The van der Waals surface area contributed by atoms with Gasteiger partial charge in [0.1, 0.15) is 5.82 Å². The number of ether oxygens (including phenoxy) is 1. The van der Waals surface area contributed by atoms with Gasteiger partial charge in [0.15, 0.2) is 0 Å². The summed E-state index contributed by atoms with van der Waals surface area (Å²) in [7, 11) is 1.60. The van der Waals surface area contributed by atoms with E-state index in [2.05, 4.69) is 15.9 Å². The van der Waals surface area contributed by atoms with Gasteiger partial charge in [0.2, 0.25) is 0 Å². The van der Waals surface area contributed by atoms with Crippen LogP contribution in [0.3, 0.4) is 0 Å². The molecule has 0 aliphatic carbocycles. The number of rotatable bonds is 5. The van der Waals surface area contributed by atoms with Crippen LogP contribution in [0, 0.1) is 5.82 Å². The molecule has 0 spiro atoms. The summed E-state index contributed by atoms with van der Waals surface area (Å²) in [6.07, 6.45) is 1.04. The Morgan fingerprint density at radius 3 is 2.75 bits per heavy atom. The SMILES string of the molecule is COCCC(C)(O)Cc1ccc(F)c(Br)c1. The van der Waals surface area contributed by atoms with Crippen LogP contribution in [0.1, 0.15) is 18.9 Å². The smallest absolute Gasteiger partial charge is 0.137 e. The summed E-state index contributed by atoms with van der Waals surface area (Å²) < 4.78 is 18.4. The average Bonchev–Trinajstić information content (AvgIpc) is 2.20. The van der Waals surface area contributed by atoms with E-state index in [0.29, 0.717) is 23.9 Å². The Kier molecular flexibility index (Phi) is 4.89. The van der Waals surface area contributed by atoms with Crippen LogP contribution in [-0.2, 0) is 11.2 Å². The van der Waals surface area contributed by atoms with Crippen molar-refractivity contribution in [3.63, 3.8) is 0 Å². The molecule has 4 heteroatoms. The molecule has 0 amide bonds. The summed E-state index contributed by atoms with van der Waals surface area (Å²) in [5.74, 6) is -0.291. The second-order valence-corrected chi connectivity index (χ2v) is 5.02. The second-order valence-electron chi connectivity index (χ2n) is 4.16. The lowest BCUT2D eigenvalue weighted by atomic mass is 9.94. The third-order valence-corrected chi connectivity index (χ3v) is 3.02. The molecule has 1 aromatic carbocycles. The van der Waals surface area contributed by atoms with Gasteiger partial charge < -0.3 is 9.84 Å². The molecule has 0 saturated heterocycles. The number of aliphatic hydroxyl groups is 1. The van der Waals surface area contributed by atoms with Gasteiger partial charge in [0.25, 0.3) is 0 Å². The van der Waals surface area contributed by atoms with Gasteiger partial charge >= 0.3 is 0 Å². The highest BCUT2D eigenvalue weighted by Gasteiger charge is 2.20. The molecule has 1 unspecified atom stereocenters. The van der Waals surface area contributed by atoms with E-state index in [9.17, 15) is 9.50 Å². The van der Waals surface area contributed by atoms with Gasteiger partial charge in [-0.15, -0.1) is 0 Å². The Morgan fingerprint density at radius 2 is 2.19 bits per heavy atom. The first kappa shape index (κ1) is 13.6. The fraction of sp³-hybridized carbons (Fsp3) is 0.500. The minimum atomic E-state index is -0.826. The van der Waals surface area contributed by atoms with Gasteiger partial charge in [0, 0.05) is 20.1 Å². The Morgan fingerprint density at radius 1 is 1.50 bits per heavy atom. The van der Waals surface area contributed by atoms with Crippen molar-refractivity contribution in [2.45, 2.75) is 25.4 Å². The summed E-state index contributed by atoms with van der Waals surface area (Å²) in [5.41, 5.74) is 0.0715. The summed E-state index contributed by atoms with van der Waals surface area (Å²) in [6, 6.07) is 4.77. The van der Waals surface area contributed by atoms with E-state index in [4.69, 9.17) is 4.74 Å². The number of methoxy groups -OCH3 is 1. The number of hydrogen-bond acceptors (Lipinski definition) is 2. The first-order valence-corrected chi connectivity index (χ1v) is 5.89. The highest BCUT2D eigenvalue weighted by atomic mass is 79.9. The number of hydrogen-bond donors (Lipinski definition) is 1. The molecule has 0 saturated carbocycles. The molecule has 1 atom stereocenters.